The molecule has 2 fully saturated rings. The lowest BCUT2D eigenvalue weighted by molar-refractivity contribution is 0.302. The summed E-state index contributed by atoms with van der Waals surface area (Å²) in [5.74, 6) is 1.54. The smallest absolute Gasteiger partial charge is 0.275 e. The number of hydrogen-bond donors (Lipinski definition) is 1. The molecule has 2 atom stereocenters. The molecule has 2 saturated heterocycles. The third-order valence-electron chi connectivity index (χ3n) is 4.49. The average molecular weight is 305 g/mol. The molecule has 0 radical (unpaired) electrons. The normalized spacial score (nSPS) is 25.8. The number of fused-ring (bicyclic) bond motifs is 2. The largest absolute Gasteiger partial charge is 0.316 e. The monoisotopic (exact) mass is 305 g/mol. The highest BCUT2D eigenvalue weighted by molar-refractivity contribution is 7.16. The van der Waals surface area contributed by atoms with Crippen LogP contribution < -0.4 is 10.9 Å². The van der Waals surface area contributed by atoms with E-state index in [-0.39, 0.29) is 5.56 Å². The summed E-state index contributed by atoms with van der Waals surface area (Å²) in [6, 6.07) is 1.64. The molecule has 6 nitrogen and oxygen atoms in total. The van der Waals surface area contributed by atoms with Gasteiger partial charge in [0.15, 0.2) is 0 Å². The van der Waals surface area contributed by atoms with E-state index in [1.54, 1.807) is 6.07 Å². The van der Waals surface area contributed by atoms with E-state index in [2.05, 4.69) is 20.3 Å². The van der Waals surface area contributed by atoms with Crippen LogP contribution in [0.2, 0.25) is 0 Å². The van der Waals surface area contributed by atoms with Gasteiger partial charge in [0.1, 0.15) is 5.01 Å². The van der Waals surface area contributed by atoms with Crippen molar-refractivity contribution >= 4 is 16.3 Å². The predicted octanol–water partition coefficient (Wildman–Crippen LogP) is 0.365. The first kappa shape index (κ1) is 13.4. The quantitative estimate of drug-likeness (QED) is 0.887. The van der Waals surface area contributed by atoms with E-state index in [1.165, 1.54) is 15.9 Å². The van der Waals surface area contributed by atoms with Gasteiger partial charge in [0.2, 0.25) is 4.96 Å². The zero-order valence-corrected chi connectivity index (χ0v) is 12.9. The molecule has 2 aliphatic rings. The van der Waals surface area contributed by atoms with E-state index in [0.717, 1.165) is 66.6 Å². The summed E-state index contributed by atoms with van der Waals surface area (Å²) < 4.78 is 1.43. The zero-order valence-electron chi connectivity index (χ0n) is 12.1. The minimum atomic E-state index is -0.0630. The summed E-state index contributed by atoms with van der Waals surface area (Å²) in [5, 5.41) is 8.69. The Morgan fingerprint density at radius 2 is 2.14 bits per heavy atom. The second kappa shape index (κ2) is 5.15. The molecule has 0 spiro atoms. The molecule has 1 N–H and O–H groups in total. The number of nitrogens with zero attached hydrogens (tertiary/aromatic N) is 4. The van der Waals surface area contributed by atoms with Crippen LogP contribution in [0.4, 0.5) is 0 Å². The fraction of sp³-hybridized carbons (Fsp3) is 0.643. The summed E-state index contributed by atoms with van der Waals surface area (Å²) in [6.07, 6.45) is 0.839. The van der Waals surface area contributed by atoms with Crippen LogP contribution >= 0.6 is 11.3 Å². The lowest BCUT2D eigenvalue weighted by Gasteiger charge is -2.15. The zero-order chi connectivity index (χ0) is 14.4. The van der Waals surface area contributed by atoms with Crippen LogP contribution in [0, 0.1) is 11.8 Å². The predicted molar refractivity (Wildman–Crippen MR) is 81.6 cm³/mol. The van der Waals surface area contributed by atoms with Gasteiger partial charge in [0, 0.05) is 25.7 Å². The van der Waals surface area contributed by atoms with Gasteiger partial charge in [-0.15, -0.1) is 0 Å². The third-order valence-corrected chi connectivity index (χ3v) is 5.55. The van der Waals surface area contributed by atoms with Gasteiger partial charge in [-0.1, -0.05) is 18.3 Å². The van der Waals surface area contributed by atoms with E-state index < -0.39 is 0 Å². The third kappa shape index (κ3) is 2.39. The molecule has 7 heteroatoms. The van der Waals surface area contributed by atoms with E-state index in [1.807, 2.05) is 6.92 Å². The molecule has 2 aliphatic heterocycles. The highest BCUT2D eigenvalue weighted by Crippen LogP contribution is 2.27. The maximum atomic E-state index is 12.1. The van der Waals surface area contributed by atoms with Crippen LogP contribution in [0.15, 0.2) is 10.9 Å². The Labute approximate surface area is 126 Å². The lowest BCUT2D eigenvalue weighted by atomic mass is 10.0. The number of nitrogens with one attached hydrogen (secondary N) is 1. The minimum absolute atomic E-state index is 0.0630. The van der Waals surface area contributed by atoms with Crippen molar-refractivity contribution in [3.63, 3.8) is 0 Å². The number of aryl methyl sites for hydroxylation is 1. The van der Waals surface area contributed by atoms with Crippen LogP contribution in [-0.2, 0) is 13.0 Å². The number of likely N-dealkylation sites (tertiary alicyclic amines) is 1. The van der Waals surface area contributed by atoms with Crippen LogP contribution in [0.5, 0.6) is 0 Å². The van der Waals surface area contributed by atoms with Crippen molar-refractivity contribution in [3.8, 4) is 0 Å². The van der Waals surface area contributed by atoms with Crippen molar-refractivity contribution in [2.75, 3.05) is 26.2 Å². The van der Waals surface area contributed by atoms with Gasteiger partial charge < -0.3 is 5.32 Å². The molecule has 4 rings (SSSR count). The van der Waals surface area contributed by atoms with Crippen molar-refractivity contribution in [2.45, 2.75) is 19.9 Å². The summed E-state index contributed by atoms with van der Waals surface area (Å²) in [6.45, 7) is 7.30. The van der Waals surface area contributed by atoms with Crippen molar-refractivity contribution in [1.29, 1.82) is 0 Å². The standard InChI is InChI=1S/C14H19N5OS/c1-2-12-17-19-13(20)3-11(16-14(19)21-12)8-18-6-9-4-15-5-10(9)7-18/h3,9-10,15H,2,4-8H2,1H3. The molecule has 2 aromatic heterocycles. The van der Waals surface area contributed by atoms with Gasteiger partial charge in [-0.25, -0.2) is 4.98 Å². The van der Waals surface area contributed by atoms with Crippen molar-refractivity contribution < 1.29 is 0 Å². The Morgan fingerprint density at radius 3 is 2.86 bits per heavy atom. The van der Waals surface area contributed by atoms with Crippen molar-refractivity contribution in [3.05, 3.63) is 27.1 Å². The molecule has 21 heavy (non-hydrogen) atoms. The SMILES string of the molecule is CCc1nn2c(=O)cc(CN3CC4CNCC4C3)nc2s1. The fourth-order valence-electron chi connectivity index (χ4n) is 3.43. The van der Waals surface area contributed by atoms with E-state index >= 15 is 0 Å². The molecule has 112 valence electrons. The van der Waals surface area contributed by atoms with Gasteiger partial charge in [-0.3, -0.25) is 9.69 Å². The van der Waals surface area contributed by atoms with Gasteiger partial charge in [0.25, 0.3) is 5.56 Å². The second-order valence-corrected chi connectivity index (χ2v) is 7.04. The molecular weight excluding hydrogens is 286 g/mol. The van der Waals surface area contributed by atoms with Crippen molar-refractivity contribution in [2.24, 2.45) is 11.8 Å². The first-order valence-corrected chi connectivity index (χ1v) is 8.36. The van der Waals surface area contributed by atoms with Crippen LogP contribution in [0.3, 0.4) is 0 Å². The van der Waals surface area contributed by atoms with E-state index in [0.29, 0.717) is 0 Å². The molecule has 4 heterocycles. The van der Waals surface area contributed by atoms with Crippen LogP contribution in [0.25, 0.3) is 4.96 Å². The highest BCUT2D eigenvalue weighted by Gasteiger charge is 2.35. The lowest BCUT2D eigenvalue weighted by Crippen LogP contribution is -2.27. The van der Waals surface area contributed by atoms with Gasteiger partial charge in [-0.2, -0.15) is 9.61 Å². The summed E-state index contributed by atoms with van der Waals surface area (Å²) in [7, 11) is 0. The average Bonchev–Trinajstić information content (AvgIpc) is 3.11. The molecule has 0 amide bonds. The molecule has 0 bridgehead atoms. The van der Waals surface area contributed by atoms with Gasteiger partial charge >= 0.3 is 0 Å². The summed E-state index contributed by atoms with van der Waals surface area (Å²) >= 11 is 1.51. The molecular formula is C14H19N5OS. The number of hydrogen-bond acceptors (Lipinski definition) is 6. The second-order valence-electron chi connectivity index (χ2n) is 6.00. The molecule has 2 aromatic rings. The fourth-order valence-corrected chi connectivity index (χ4v) is 4.29. The van der Waals surface area contributed by atoms with E-state index in [4.69, 9.17) is 0 Å². The maximum Gasteiger partial charge on any atom is 0.275 e. The summed E-state index contributed by atoms with van der Waals surface area (Å²) in [4.78, 5) is 19.9. The van der Waals surface area contributed by atoms with E-state index in [9.17, 15) is 4.79 Å². The summed E-state index contributed by atoms with van der Waals surface area (Å²) in [5.41, 5.74) is 0.811. The Hall–Kier alpha value is -1.31. The Morgan fingerprint density at radius 1 is 1.38 bits per heavy atom. The first-order chi connectivity index (χ1) is 10.2. The Bertz CT molecular complexity index is 712. The molecule has 2 unspecified atom stereocenters. The first-order valence-electron chi connectivity index (χ1n) is 7.54. The van der Waals surface area contributed by atoms with Crippen molar-refractivity contribution in [1.82, 2.24) is 24.8 Å². The molecule has 0 aliphatic carbocycles. The van der Waals surface area contributed by atoms with Crippen LogP contribution in [-0.4, -0.2) is 45.7 Å². The Balaban J connectivity index is 1.58. The number of aromatic nitrogens is 3. The van der Waals surface area contributed by atoms with Gasteiger partial charge in [-0.05, 0) is 31.3 Å². The number of rotatable bonds is 3. The topological polar surface area (TPSA) is 62.5 Å². The molecule has 0 saturated carbocycles. The minimum Gasteiger partial charge on any atom is -0.316 e. The maximum absolute atomic E-state index is 12.1. The molecule has 0 aromatic carbocycles. The van der Waals surface area contributed by atoms with Crippen LogP contribution in [0.1, 0.15) is 17.6 Å². The van der Waals surface area contributed by atoms with Gasteiger partial charge in [0.05, 0.1) is 5.69 Å². The highest BCUT2D eigenvalue weighted by atomic mass is 32.1. The Kier molecular flexibility index (Phi) is 3.28.